The summed E-state index contributed by atoms with van der Waals surface area (Å²) in [6.45, 7) is 0.603. The zero-order valence-electron chi connectivity index (χ0n) is 9.71. The van der Waals surface area contributed by atoms with Gasteiger partial charge in [-0.2, -0.15) is 0 Å². The molecule has 1 saturated heterocycles. The van der Waals surface area contributed by atoms with E-state index >= 15 is 0 Å². The average molecular weight is 268 g/mol. The summed E-state index contributed by atoms with van der Waals surface area (Å²) in [5, 5.41) is 12.2. The van der Waals surface area contributed by atoms with Crippen LogP contribution in [0.2, 0.25) is 5.02 Å². The van der Waals surface area contributed by atoms with E-state index in [0.29, 0.717) is 23.6 Å². The molecule has 2 rings (SSSR count). The fourth-order valence-electron chi connectivity index (χ4n) is 2.17. The largest absolute Gasteiger partial charge is 0.409 e. The molecule has 96 valence electrons. The molecule has 1 aromatic carbocycles. The third kappa shape index (κ3) is 2.41. The first kappa shape index (κ1) is 12.7. The Kier molecular flexibility index (Phi) is 3.72. The average Bonchev–Trinajstić information content (AvgIpc) is 2.86. The van der Waals surface area contributed by atoms with Crippen LogP contribution >= 0.6 is 11.6 Å². The molecule has 0 radical (unpaired) electrons. The molecule has 1 atom stereocenters. The summed E-state index contributed by atoms with van der Waals surface area (Å²) in [6.07, 6.45) is 1.55. The van der Waals surface area contributed by atoms with Gasteiger partial charge in [-0.1, -0.05) is 22.8 Å². The highest BCUT2D eigenvalue weighted by Gasteiger charge is 2.32. The van der Waals surface area contributed by atoms with Gasteiger partial charge in [-0.05, 0) is 31.0 Å². The number of nitrogens with zero attached hydrogens (tertiary/aromatic N) is 2. The molecular weight excluding hydrogens is 254 g/mol. The molecule has 1 aliphatic rings. The Morgan fingerprint density at radius 3 is 3.00 bits per heavy atom. The van der Waals surface area contributed by atoms with Gasteiger partial charge in [-0.3, -0.25) is 4.79 Å². The summed E-state index contributed by atoms with van der Waals surface area (Å²) in [5.41, 5.74) is 6.11. The molecule has 1 aliphatic heterocycles. The van der Waals surface area contributed by atoms with Crippen molar-refractivity contribution < 1.29 is 10.0 Å². The Morgan fingerprint density at radius 2 is 2.33 bits per heavy atom. The van der Waals surface area contributed by atoms with Gasteiger partial charge in [0.05, 0.1) is 6.04 Å². The highest BCUT2D eigenvalue weighted by atomic mass is 35.5. The fraction of sp³-hybridized carbons (Fsp3) is 0.333. The van der Waals surface area contributed by atoms with Crippen molar-refractivity contribution in [3.8, 4) is 0 Å². The summed E-state index contributed by atoms with van der Waals surface area (Å²) < 4.78 is 0. The second-order valence-electron chi connectivity index (χ2n) is 4.19. The van der Waals surface area contributed by atoms with Gasteiger partial charge in [0, 0.05) is 17.1 Å². The van der Waals surface area contributed by atoms with Crippen molar-refractivity contribution in [2.24, 2.45) is 10.9 Å². The highest BCUT2D eigenvalue weighted by molar-refractivity contribution is 6.31. The van der Waals surface area contributed by atoms with Gasteiger partial charge < -0.3 is 15.8 Å². The third-order valence-electron chi connectivity index (χ3n) is 3.04. The Balaban J connectivity index is 2.23. The van der Waals surface area contributed by atoms with Crippen LogP contribution in [-0.4, -0.2) is 34.4 Å². The van der Waals surface area contributed by atoms with E-state index in [4.69, 9.17) is 22.5 Å². The van der Waals surface area contributed by atoms with E-state index in [1.54, 1.807) is 29.2 Å². The highest BCUT2D eigenvalue weighted by Crippen LogP contribution is 2.21. The van der Waals surface area contributed by atoms with Crippen molar-refractivity contribution in [2.75, 3.05) is 6.54 Å². The van der Waals surface area contributed by atoms with Crippen molar-refractivity contribution in [1.29, 1.82) is 0 Å². The minimum atomic E-state index is -0.332. The molecule has 1 aromatic rings. The molecule has 0 aromatic heterocycles. The maximum Gasteiger partial charge on any atom is 0.254 e. The van der Waals surface area contributed by atoms with Crippen molar-refractivity contribution in [3.05, 3.63) is 34.9 Å². The number of amidine groups is 1. The topological polar surface area (TPSA) is 78.9 Å². The molecule has 1 fully saturated rings. The molecular formula is C12H14ClN3O2. The lowest BCUT2D eigenvalue weighted by Crippen LogP contribution is -2.43. The number of halogens is 1. The molecule has 6 heteroatoms. The lowest BCUT2D eigenvalue weighted by molar-refractivity contribution is 0.0768. The monoisotopic (exact) mass is 267 g/mol. The molecule has 3 N–H and O–H groups in total. The lowest BCUT2D eigenvalue weighted by atomic mass is 10.1. The van der Waals surface area contributed by atoms with Gasteiger partial charge in [0.25, 0.3) is 5.91 Å². The summed E-state index contributed by atoms with van der Waals surface area (Å²) in [4.78, 5) is 13.9. The summed E-state index contributed by atoms with van der Waals surface area (Å²) in [7, 11) is 0. The Morgan fingerprint density at radius 1 is 1.56 bits per heavy atom. The van der Waals surface area contributed by atoms with Crippen LogP contribution in [0, 0.1) is 0 Å². The van der Waals surface area contributed by atoms with E-state index in [-0.39, 0.29) is 17.8 Å². The van der Waals surface area contributed by atoms with Gasteiger partial charge in [-0.15, -0.1) is 0 Å². The maximum absolute atomic E-state index is 12.3. The Hall–Kier alpha value is -1.75. The van der Waals surface area contributed by atoms with Crippen molar-refractivity contribution in [3.63, 3.8) is 0 Å². The number of hydrogen-bond donors (Lipinski definition) is 2. The van der Waals surface area contributed by atoms with Gasteiger partial charge in [0.15, 0.2) is 5.84 Å². The first-order chi connectivity index (χ1) is 8.63. The van der Waals surface area contributed by atoms with Gasteiger partial charge in [-0.25, -0.2) is 0 Å². The smallest absolute Gasteiger partial charge is 0.254 e. The quantitative estimate of drug-likeness (QED) is 0.370. The van der Waals surface area contributed by atoms with Crippen LogP contribution in [0.25, 0.3) is 0 Å². The predicted molar refractivity (Wildman–Crippen MR) is 68.9 cm³/mol. The molecule has 1 unspecified atom stereocenters. The molecule has 0 saturated carbocycles. The normalized spacial score (nSPS) is 20.2. The van der Waals surface area contributed by atoms with Crippen molar-refractivity contribution >= 4 is 23.3 Å². The van der Waals surface area contributed by atoms with Gasteiger partial charge >= 0.3 is 0 Å². The molecule has 18 heavy (non-hydrogen) atoms. The standard InChI is InChI=1S/C12H14ClN3O2/c13-9-4-1-3-8(7-9)12(17)16-6-2-5-10(16)11(14)15-18/h1,3-4,7,10,18H,2,5-6H2,(H2,14,15). The van der Waals surface area contributed by atoms with Crippen molar-refractivity contribution in [2.45, 2.75) is 18.9 Å². The summed E-state index contributed by atoms with van der Waals surface area (Å²) >= 11 is 5.86. The zero-order chi connectivity index (χ0) is 13.1. The van der Waals surface area contributed by atoms with Crippen LogP contribution in [-0.2, 0) is 0 Å². The first-order valence-electron chi connectivity index (χ1n) is 5.67. The maximum atomic E-state index is 12.3. The lowest BCUT2D eigenvalue weighted by Gasteiger charge is -2.23. The van der Waals surface area contributed by atoms with Crippen molar-refractivity contribution in [1.82, 2.24) is 4.90 Å². The van der Waals surface area contributed by atoms with E-state index < -0.39 is 0 Å². The van der Waals surface area contributed by atoms with Gasteiger partial charge in [0.1, 0.15) is 0 Å². The zero-order valence-corrected chi connectivity index (χ0v) is 10.5. The number of carbonyl (C=O) groups is 1. The first-order valence-corrected chi connectivity index (χ1v) is 6.05. The Bertz CT molecular complexity index is 490. The number of rotatable bonds is 2. The SMILES string of the molecule is NC(=NO)C1CCCN1C(=O)c1cccc(Cl)c1. The minimum Gasteiger partial charge on any atom is -0.409 e. The molecule has 1 heterocycles. The molecule has 0 spiro atoms. The van der Waals surface area contributed by atoms with Crippen LogP contribution in [0.3, 0.4) is 0 Å². The molecule has 1 amide bonds. The van der Waals surface area contributed by atoms with Crippen LogP contribution in [0.1, 0.15) is 23.2 Å². The second kappa shape index (κ2) is 5.27. The van der Waals surface area contributed by atoms with E-state index in [0.717, 1.165) is 6.42 Å². The number of benzene rings is 1. The third-order valence-corrected chi connectivity index (χ3v) is 3.28. The van der Waals surface area contributed by atoms with Crippen LogP contribution in [0.15, 0.2) is 29.4 Å². The molecule has 0 aliphatic carbocycles. The van der Waals surface area contributed by atoms with E-state index in [2.05, 4.69) is 5.16 Å². The summed E-state index contributed by atoms with van der Waals surface area (Å²) in [6, 6.07) is 6.43. The number of carbonyl (C=O) groups excluding carboxylic acids is 1. The van der Waals surface area contributed by atoms with E-state index in [1.807, 2.05) is 0 Å². The number of nitrogens with two attached hydrogens (primary N) is 1. The Labute approximate surface area is 110 Å². The second-order valence-corrected chi connectivity index (χ2v) is 4.63. The molecule has 5 nitrogen and oxygen atoms in total. The van der Waals surface area contributed by atoms with E-state index in [1.165, 1.54) is 0 Å². The van der Waals surface area contributed by atoms with Crippen LogP contribution < -0.4 is 5.73 Å². The predicted octanol–water partition coefficient (Wildman–Crippen LogP) is 1.69. The number of hydrogen-bond acceptors (Lipinski definition) is 3. The number of oxime groups is 1. The minimum absolute atomic E-state index is 0.0721. The summed E-state index contributed by atoms with van der Waals surface area (Å²) in [5.74, 6) is -0.0746. The number of likely N-dealkylation sites (tertiary alicyclic amines) is 1. The van der Waals surface area contributed by atoms with Crippen LogP contribution in [0.5, 0.6) is 0 Å². The fourth-order valence-corrected chi connectivity index (χ4v) is 2.36. The number of amides is 1. The molecule has 0 bridgehead atoms. The van der Waals surface area contributed by atoms with Gasteiger partial charge in [0.2, 0.25) is 0 Å². The van der Waals surface area contributed by atoms with Crippen LogP contribution in [0.4, 0.5) is 0 Å². The van der Waals surface area contributed by atoms with E-state index in [9.17, 15) is 4.79 Å².